The number of aromatic nitrogens is 3. The lowest BCUT2D eigenvalue weighted by Gasteiger charge is -2.33. The molecule has 2 aromatic carbocycles. The van der Waals surface area contributed by atoms with Gasteiger partial charge in [-0.1, -0.05) is 36.4 Å². The Morgan fingerprint density at radius 1 is 1.06 bits per heavy atom. The van der Waals surface area contributed by atoms with Crippen LogP contribution in [-0.4, -0.2) is 46.8 Å². The quantitative estimate of drug-likeness (QED) is 0.433. The molecule has 2 aromatic heterocycles. The van der Waals surface area contributed by atoms with Gasteiger partial charge in [0.15, 0.2) is 11.5 Å². The monoisotopic (exact) mass is 484 g/mol. The molecule has 0 spiro atoms. The van der Waals surface area contributed by atoms with Gasteiger partial charge in [0.2, 0.25) is 0 Å². The zero-order valence-electron chi connectivity index (χ0n) is 20.1. The molecule has 9 heteroatoms. The van der Waals surface area contributed by atoms with Gasteiger partial charge in [-0.15, -0.1) is 0 Å². The lowest BCUT2D eigenvalue weighted by atomic mass is 10.1. The molecule has 0 bridgehead atoms. The predicted molar refractivity (Wildman–Crippen MR) is 140 cm³/mol. The van der Waals surface area contributed by atoms with Crippen LogP contribution in [0.3, 0.4) is 0 Å². The standard InChI is InChI=1S/C27H28N6O3/c1-36-22-10-5-9-21(17-22)30-27(35)29-20-12-15-32(16-13-20)25-26(34)33(18-19-7-3-2-4-8-19)24-23(31-25)11-6-14-28-24/h2-11,14,17,20H,12-13,15-16,18H2,1H3,(H2,29,30,35). The molecule has 0 aliphatic carbocycles. The third-order valence-corrected chi connectivity index (χ3v) is 6.33. The van der Waals surface area contributed by atoms with Gasteiger partial charge >= 0.3 is 6.03 Å². The van der Waals surface area contributed by atoms with Crippen LogP contribution in [-0.2, 0) is 6.54 Å². The summed E-state index contributed by atoms with van der Waals surface area (Å²) in [5.74, 6) is 1.10. The number of methoxy groups -OCH3 is 1. The first kappa shape index (κ1) is 23.3. The number of pyridine rings is 1. The van der Waals surface area contributed by atoms with Gasteiger partial charge in [-0.25, -0.2) is 14.8 Å². The maximum Gasteiger partial charge on any atom is 0.319 e. The summed E-state index contributed by atoms with van der Waals surface area (Å²) in [7, 11) is 1.59. The summed E-state index contributed by atoms with van der Waals surface area (Å²) in [6.07, 6.45) is 3.09. The number of amides is 2. The molecule has 1 saturated heterocycles. The highest BCUT2D eigenvalue weighted by Crippen LogP contribution is 2.20. The van der Waals surface area contributed by atoms with Gasteiger partial charge in [0.25, 0.3) is 5.56 Å². The lowest BCUT2D eigenvalue weighted by Crippen LogP contribution is -2.47. The van der Waals surface area contributed by atoms with E-state index in [1.165, 1.54) is 0 Å². The molecule has 4 aromatic rings. The van der Waals surface area contributed by atoms with Crippen molar-refractivity contribution in [2.75, 3.05) is 30.4 Å². The van der Waals surface area contributed by atoms with Crippen molar-refractivity contribution in [1.82, 2.24) is 19.9 Å². The Morgan fingerprint density at radius 2 is 1.86 bits per heavy atom. The van der Waals surface area contributed by atoms with E-state index in [0.29, 0.717) is 60.9 Å². The summed E-state index contributed by atoms with van der Waals surface area (Å²) in [6.45, 7) is 1.65. The predicted octanol–water partition coefficient (Wildman–Crippen LogP) is 3.64. The van der Waals surface area contributed by atoms with E-state index in [9.17, 15) is 9.59 Å². The molecule has 0 radical (unpaired) electrons. The van der Waals surface area contributed by atoms with Crippen molar-refractivity contribution in [2.24, 2.45) is 0 Å². The van der Waals surface area contributed by atoms with E-state index in [-0.39, 0.29) is 17.6 Å². The maximum atomic E-state index is 13.5. The topological polar surface area (TPSA) is 101 Å². The molecule has 9 nitrogen and oxygen atoms in total. The van der Waals surface area contributed by atoms with Crippen LogP contribution >= 0.6 is 0 Å². The minimum atomic E-state index is -0.262. The second-order valence-corrected chi connectivity index (χ2v) is 8.75. The lowest BCUT2D eigenvalue weighted by molar-refractivity contribution is 0.246. The van der Waals surface area contributed by atoms with Crippen LogP contribution in [0.4, 0.5) is 16.3 Å². The Hall–Kier alpha value is -4.40. The highest BCUT2D eigenvalue weighted by atomic mass is 16.5. The Kier molecular flexibility index (Phi) is 6.79. The van der Waals surface area contributed by atoms with Crippen LogP contribution < -0.4 is 25.8 Å². The summed E-state index contributed by atoms with van der Waals surface area (Å²) in [5.41, 5.74) is 2.78. The molecule has 0 unspecified atom stereocenters. The normalized spacial score (nSPS) is 14.0. The number of hydrogen-bond donors (Lipinski definition) is 2. The Balaban J connectivity index is 1.29. The highest BCUT2D eigenvalue weighted by Gasteiger charge is 2.25. The van der Waals surface area contributed by atoms with Gasteiger partial charge in [-0.05, 0) is 42.7 Å². The SMILES string of the molecule is COc1cccc(NC(=O)NC2CCN(c3nc4cccnc4n(Cc4ccccc4)c3=O)CC2)c1. The van der Waals surface area contributed by atoms with Crippen LogP contribution in [0.1, 0.15) is 18.4 Å². The Bertz CT molecular complexity index is 1410. The minimum absolute atomic E-state index is 0.000486. The number of nitrogens with zero attached hydrogens (tertiary/aromatic N) is 4. The van der Waals surface area contributed by atoms with E-state index in [2.05, 4.69) is 20.6 Å². The molecular weight excluding hydrogens is 456 g/mol. The van der Waals surface area contributed by atoms with Gasteiger partial charge in [-0.3, -0.25) is 9.36 Å². The fourth-order valence-corrected chi connectivity index (χ4v) is 4.47. The minimum Gasteiger partial charge on any atom is -0.497 e. The third kappa shape index (κ3) is 5.14. The molecular formula is C27H28N6O3. The number of carbonyl (C=O) groups is 1. The summed E-state index contributed by atoms with van der Waals surface area (Å²) in [5, 5.41) is 5.88. The molecule has 5 rings (SSSR count). The highest BCUT2D eigenvalue weighted by molar-refractivity contribution is 5.89. The van der Waals surface area contributed by atoms with Crippen molar-refractivity contribution < 1.29 is 9.53 Å². The summed E-state index contributed by atoms with van der Waals surface area (Å²) < 4.78 is 6.90. The van der Waals surface area contributed by atoms with Crippen LogP contribution in [0.2, 0.25) is 0 Å². The zero-order valence-corrected chi connectivity index (χ0v) is 20.1. The smallest absolute Gasteiger partial charge is 0.319 e. The first-order chi connectivity index (χ1) is 17.6. The molecule has 36 heavy (non-hydrogen) atoms. The fourth-order valence-electron chi connectivity index (χ4n) is 4.47. The van der Waals surface area contributed by atoms with Crippen molar-refractivity contribution in [3.05, 3.63) is 88.8 Å². The van der Waals surface area contributed by atoms with Crippen molar-refractivity contribution in [3.63, 3.8) is 0 Å². The molecule has 1 aliphatic rings. The van der Waals surface area contributed by atoms with Crippen molar-refractivity contribution >= 4 is 28.7 Å². The number of piperidine rings is 1. The van der Waals surface area contributed by atoms with E-state index in [0.717, 1.165) is 5.56 Å². The van der Waals surface area contributed by atoms with Crippen LogP contribution in [0.15, 0.2) is 77.7 Å². The number of nitrogens with one attached hydrogen (secondary N) is 2. The Morgan fingerprint density at radius 3 is 2.64 bits per heavy atom. The van der Waals surface area contributed by atoms with Crippen molar-refractivity contribution in [2.45, 2.75) is 25.4 Å². The van der Waals surface area contributed by atoms with Gasteiger partial charge in [0.05, 0.1) is 13.7 Å². The first-order valence-electron chi connectivity index (χ1n) is 12.0. The molecule has 2 amide bonds. The average Bonchev–Trinajstić information content (AvgIpc) is 2.91. The van der Waals surface area contributed by atoms with E-state index in [1.807, 2.05) is 65.6 Å². The number of rotatable bonds is 6. The molecule has 184 valence electrons. The van der Waals surface area contributed by atoms with E-state index < -0.39 is 0 Å². The maximum absolute atomic E-state index is 13.5. The molecule has 3 heterocycles. The summed E-state index contributed by atoms with van der Waals surface area (Å²) in [6, 6.07) is 20.5. The first-order valence-corrected chi connectivity index (χ1v) is 12.0. The van der Waals surface area contributed by atoms with Crippen molar-refractivity contribution in [1.29, 1.82) is 0 Å². The zero-order chi connectivity index (χ0) is 24.9. The van der Waals surface area contributed by atoms with E-state index >= 15 is 0 Å². The third-order valence-electron chi connectivity index (χ3n) is 6.33. The average molecular weight is 485 g/mol. The van der Waals surface area contributed by atoms with Gasteiger partial charge < -0.3 is 20.3 Å². The van der Waals surface area contributed by atoms with Crippen LogP contribution in [0.25, 0.3) is 11.2 Å². The van der Waals surface area contributed by atoms with E-state index in [1.54, 1.807) is 23.9 Å². The molecule has 1 fully saturated rings. The molecule has 2 N–H and O–H groups in total. The number of fused-ring (bicyclic) bond motifs is 1. The summed E-state index contributed by atoms with van der Waals surface area (Å²) >= 11 is 0. The number of carbonyl (C=O) groups excluding carboxylic acids is 1. The van der Waals surface area contributed by atoms with Crippen LogP contribution in [0.5, 0.6) is 5.75 Å². The number of hydrogen-bond acceptors (Lipinski definition) is 6. The van der Waals surface area contributed by atoms with Crippen LogP contribution in [0, 0.1) is 0 Å². The number of benzene rings is 2. The second kappa shape index (κ2) is 10.5. The van der Waals surface area contributed by atoms with Crippen molar-refractivity contribution in [3.8, 4) is 5.75 Å². The van der Waals surface area contributed by atoms with Gasteiger partial charge in [-0.2, -0.15) is 0 Å². The van der Waals surface area contributed by atoms with E-state index in [4.69, 9.17) is 4.74 Å². The Labute approximate surface area is 208 Å². The fraction of sp³-hybridized carbons (Fsp3) is 0.259. The largest absolute Gasteiger partial charge is 0.497 e. The number of ether oxygens (including phenoxy) is 1. The second-order valence-electron chi connectivity index (χ2n) is 8.75. The number of urea groups is 1. The molecule has 0 saturated carbocycles. The number of anilines is 2. The van der Waals surface area contributed by atoms with Gasteiger partial charge in [0, 0.05) is 37.1 Å². The molecule has 1 aliphatic heterocycles. The molecule has 0 atom stereocenters. The summed E-state index contributed by atoms with van der Waals surface area (Å²) in [4.78, 5) is 37.2. The van der Waals surface area contributed by atoms with Gasteiger partial charge in [0.1, 0.15) is 11.3 Å².